The predicted octanol–water partition coefficient (Wildman–Crippen LogP) is 3.69. The maximum Gasteiger partial charge on any atom is 0.271 e. The van der Waals surface area contributed by atoms with Crippen molar-refractivity contribution in [1.82, 2.24) is 10.2 Å². The van der Waals surface area contributed by atoms with Gasteiger partial charge in [-0.25, -0.2) is 0 Å². The first-order valence-corrected chi connectivity index (χ1v) is 7.40. The second-order valence-electron chi connectivity index (χ2n) is 4.72. The van der Waals surface area contributed by atoms with E-state index >= 15 is 0 Å². The molecule has 0 unspecified atom stereocenters. The van der Waals surface area contributed by atoms with Gasteiger partial charge in [-0.05, 0) is 23.6 Å². The third-order valence-corrected chi connectivity index (χ3v) is 4.33. The standard InChI is InChI=1S/C16H11N3OS/c20-16-12(15(18-19-16)14-6-3-7-21-14)8-10-9-17-13-5-2-1-4-11(10)13/h1-9H,(H2,18,19,20)/b10-8-. The molecule has 0 aliphatic carbocycles. The molecular weight excluding hydrogens is 282 g/mol. The molecule has 0 spiro atoms. The SMILES string of the molecule is O=c1[nH][nH]c(-c2cccs2)c1/C=C1/C=Nc2ccccc21. The maximum absolute atomic E-state index is 12.1. The van der Waals surface area contributed by atoms with Gasteiger partial charge in [0.15, 0.2) is 0 Å². The number of para-hydroxylation sites is 1. The molecule has 1 aliphatic heterocycles. The first kappa shape index (κ1) is 12.1. The summed E-state index contributed by atoms with van der Waals surface area (Å²) in [6.07, 6.45) is 3.69. The van der Waals surface area contributed by atoms with E-state index in [1.165, 1.54) is 0 Å². The number of aromatic amines is 2. The number of fused-ring (bicyclic) bond motifs is 1. The number of nitrogens with one attached hydrogen (secondary N) is 2. The van der Waals surface area contributed by atoms with Crippen molar-refractivity contribution in [3.05, 3.63) is 63.3 Å². The van der Waals surface area contributed by atoms with E-state index in [4.69, 9.17) is 0 Å². The van der Waals surface area contributed by atoms with Gasteiger partial charge in [-0.2, -0.15) is 0 Å². The summed E-state index contributed by atoms with van der Waals surface area (Å²) in [6.45, 7) is 0. The Morgan fingerprint density at radius 3 is 2.86 bits per heavy atom. The van der Waals surface area contributed by atoms with E-state index < -0.39 is 0 Å². The molecule has 0 radical (unpaired) electrons. The van der Waals surface area contributed by atoms with Crippen molar-refractivity contribution in [3.63, 3.8) is 0 Å². The van der Waals surface area contributed by atoms with Crippen molar-refractivity contribution in [2.75, 3.05) is 0 Å². The van der Waals surface area contributed by atoms with Gasteiger partial charge in [0.1, 0.15) is 0 Å². The minimum atomic E-state index is -0.122. The van der Waals surface area contributed by atoms with E-state index in [1.807, 2.05) is 47.9 Å². The zero-order chi connectivity index (χ0) is 14.2. The van der Waals surface area contributed by atoms with Crippen LogP contribution in [0.5, 0.6) is 0 Å². The normalized spacial score (nSPS) is 14.8. The zero-order valence-electron chi connectivity index (χ0n) is 11.0. The fourth-order valence-corrected chi connectivity index (χ4v) is 3.17. The first-order chi connectivity index (χ1) is 10.3. The molecular formula is C16H11N3OS. The second kappa shape index (κ2) is 4.71. The van der Waals surface area contributed by atoms with Crippen LogP contribution in [0.1, 0.15) is 11.1 Å². The molecule has 1 aliphatic rings. The van der Waals surface area contributed by atoms with Gasteiger partial charge in [-0.1, -0.05) is 24.3 Å². The van der Waals surface area contributed by atoms with Crippen molar-refractivity contribution in [2.45, 2.75) is 0 Å². The Balaban J connectivity index is 1.87. The first-order valence-electron chi connectivity index (χ1n) is 6.52. The van der Waals surface area contributed by atoms with Gasteiger partial charge in [0.05, 0.1) is 21.8 Å². The lowest BCUT2D eigenvalue weighted by molar-refractivity contribution is 1.06. The summed E-state index contributed by atoms with van der Waals surface area (Å²) >= 11 is 1.59. The van der Waals surface area contributed by atoms with E-state index in [0.717, 1.165) is 27.4 Å². The van der Waals surface area contributed by atoms with E-state index in [9.17, 15) is 4.79 Å². The van der Waals surface area contributed by atoms with Crippen molar-refractivity contribution in [3.8, 4) is 10.6 Å². The van der Waals surface area contributed by atoms with E-state index in [0.29, 0.717) is 5.56 Å². The third-order valence-electron chi connectivity index (χ3n) is 3.44. The molecule has 3 heterocycles. The van der Waals surface area contributed by atoms with E-state index in [-0.39, 0.29) is 5.56 Å². The molecule has 1 aromatic carbocycles. The van der Waals surface area contributed by atoms with Gasteiger partial charge >= 0.3 is 0 Å². The Kier molecular flexibility index (Phi) is 2.72. The number of aliphatic imine (C=N–C) groups is 1. The van der Waals surface area contributed by atoms with Crippen LogP contribution < -0.4 is 5.56 Å². The van der Waals surface area contributed by atoms with Gasteiger partial charge in [0.2, 0.25) is 0 Å². The van der Waals surface area contributed by atoms with Crippen molar-refractivity contribution in [2.24, 2.45) is 4.99 Å². The van der Waals surface area contributed by atoms with Crippen LogP contribution in [0, 0.1) is 0 Å². The average molecular weight is 293 g/mol. The highest BCUT2D eigenvalue weighted by molar-refractivity contribution is 7.13. The largest absolute Gasteiger partial charge is 0.296 e. The minimum absolute atomic E-state index is 0.122. The number of aromatic nitrogens is 2. The van der Waals surface area contributed by atoms with Gasteiger partial charge in [0.25, 0.3) is 5.56 Å². The Morgan fingerprint density at radius 1 is 1.10 bits per heavy atom. The summed E-state index contributed by atoms with van der Waals surface area (Å²) in [5, 5.41) is 7.61. The predicted molar refractivity (Wildman–Crippen MR) is 87.2 cm³/mol. The highest BCUT2D eigenvalue weighted by Crippen LogP contribution is 2.33. The Labute approximate surface area is 124 Å². The average Bonchev–Trinajstić information content (AvgIpc) is 3.21. The van der Waals surface area contributed by atoms with Gasteiger partial charge in [0, 0.05) is 17.4 Å². The number of hydrogen-bond donors (Lipinski definition) is 2. The number of thiophene rings is 1. The lowest BCUT2D eigenvalue weighted by atomic mass is 10.0. The van der Waals surface area contributed by atoms with Crippen LogP contribution in [0.15, 0.2) is 51.6 Å². The molecule has 0 bridgehead atoms. The topological polar surface area (TPSA) is 61.0 Å². The van der Waals surface area contributed by atoms with E-state index in [1.54, 1.807) is 17.6 Å². The summed E-state index contributed by atoms with van der Waals surface area (Å²) in [7, 11) is 0. The number of rotatable bonds is 2. The quantitative estimate of drug-likeness (QED) is 0.743. The lowest BCUT2D eigenvalue weighted by Gasteiger charge is -1.99. The number of benzene rings is 1. The monoisotopic (exact) mass is 293 g/mol. The van der Waals surface area contributed by atoms with Crippen LogP contribution >= 0.6 is 11.3 Å². The molecule has 2 N–H and O–H groups in total. The molecule has 3 aromatic rings. The summed E-state index contributed by atoms with van der Waals surface area (Å²) < 4.78 is 0. The van der Waals surface area contributed by atoms with Gasteiger partial charge in [-0.3, -0.25) is 20.0 Å². The smallest absolute Gasteiger partial charge is 0.271 e. The van der Waals surface area contributed by atoms with Crippen molar-refractivity contribution < 1.29 is 0 Å². The summed E-state index contributed by atoms with van der Waals surface area (Å²) in [6, 6.07) is 11.9. The summed E-state index contributed by atoms with van der Waals surface area (Å²) in [5.74, 6) is 0. The second-order valence-corrected chi connectivity index (χ2v) is 5.67. The van der Waals surface area contributed by atoms with Crippen LogP contribution in [0.3, 0.4) is 0 Å². The molecule has 21 heavy (non-hydrogen) atoms. The van der Waals surface area contributed by atoms with Crippen LogP contribution in [-0.2, 0) is 0 Å². The maximum atomic E-state index is 12.1. The molecule has 5 heteroatoms. The highest BCUT2D eigenvalue weighted by atomic mass is 32.1. The van der Waals surface area contributed by atoms with Crippen LogP contribution in [0.25, 0.3) is 22.2 Å². The van der Waals surface area contributed by atoms with Crippen LogP contribution in [0.4, 0.5) is 5.69 Å². The van der Waals surface area contributed by atoms with E-state index in [2.05, 4.69) is 15.2 Å². The van der Waals surface area contributed by atoms with Crippen LogP contribution in [0.2, 0.25) is 0 Å². The highest BCUT2D eigenvalue weighted by Gasteiger charge is 2.15. The number of allylic oxidation sites excluding steroid dienone is 1. The lowest BCUT2D eigenvalue weighted by Crippen LogP contribution is -2.02. The molecule has 0 amide bonds. The van der Waals surface area contributed by atoms with Gasteiger partial charge in [-0.15, -0.1) is 11.3 Å². The molecule has 0 atom stereocenters. The van der Waals surface area contributed by atoms with Crippen molar-refractivity contribution >= 4 is 34.9 Å². The molecule has 4 nitrogen and oxygen atoms in total. The molecule has 0 saturated carbocycles. The summed E-state index contributed by atoms with van der Waals surface area (Å²) in [4.78, 5) is 17.5. The molecule has 0 saturated heterocycles. The number of hydrogen-bond acceptors (Lipinski definition) is 3. The minimum Gasteiger partial charge on any atom is -0.296 e. The molecule has 102 valence electrons. The molecule has 4 rings (SSSR count). The van der Waals surface area contributed by atoms with Crippen LogP contribution in [-0.4, -0.2) is 16.4 Å². The zero-order valence-corrected chi connectivity index (χ0v) is 11.8. The Hall–Kier alpha value is -2.66. The van der Waals surface area contributed by atoms with Crippen molar-refractivity contribution in [1.29, 1.82) is 0 Å². The number of H-pyrrole nitrogens is 2. The fourth-order valence-electron chi connectivity index (χ4n) is 2.43. The summed E-state index contributed by atoms with van der Waals surface area (Å²) in [5.41, 5.74) is 4.27. The third kappa shape index (κ3) is 1.98. The molecule has 0 fully saturated rings. The molecule has 2 aromatic heterocycles. The Bertz CT molecular complexity index is 913. The van der Waals surface area contributed by atoms with Gasteiger partial charge < -0.3 is 0 Å². The fraction of sp³-hybridized carbons (Fsp3) is 0. The number of nitrogens with zero attached hydrogens (tertiary/aromatic N) is 1. The Morgan fingerprint density at radius 2 is 2.00 bits per heavy atom.